The van der Waals surface area contributed by atoms with Gasteiger partial charge in [0.2, 0.25) is 0 Å². The zero-order valence-corrected chi connectivity index (χ0v) is 11.4. The fraction of sp³-hybridized carbons (Fsp3) is 0.615. The number of aliphatic hydroxyl groups is 1. The number of nitrogens with zero attached hydrogens (tertiary/aromatic N) is 2. The van der Waals surface area contributed by atoms with Gasteiger partial charge in [-0.1, -0.05) is 6.92 Å². The SMILES string of the molecule is CC(CCO)CNC(=O)c1cc([N+](=O)[O-])cn1C1CC1. The number of hydrogen-bond acceptors (Lipinski definition) is 4. The summed E-state index contributed by atoms with van der Waals surface area (Å²) in [6, 6.07) is 1.53. The lowest BCUT2D eigenvalue weighted by atomic mass is 10.1. The molecule has 0 radical (unpaired) electrons. The van der Waals surface area contributed by atoms with Gasteiger partial charge in [0.25, 0.3) is 11.6 Å². The van der Waals surface area contributed by atoms with Gasteiger partial charge >= 0.3 is 0 Å². The van der Waals surface area contributed by atoms with Crippen LogP contribution in [0.5, 0.6) is 0 Å². The predicted molar refractivity (Wildman–Crippen MR) is 72.6 cm³/mol. The first-order valence-corrected chi connectivity index (χ1v) is 6.78. The number of aliphatic hydroxyl groups excluding tert-OH is 1. The number of carbonyl (C=O) groups excluding carboxylic acids is 1. The van der Waals surface area contributed by atoms with E-state index < -0.39 is 4.92 Å². The predicted octanol–water partition coefficient (Wildman–Crippen LogP) is 1.48. The number of hydrogen-bond donors (Lipinski definition) is 2. The first kappa shape index (κ1) is 14.5. The maximum atomic E-state index is 12.1. The summed E-state index contributed by atoms with van der Waals surface area (Å²) in [5.74, 6) is -0.127. The van der Waals surface area contributed by atoms with Crippen LogP contribution in [0.3, 0.4) is 0 Å². The molecule has 1 saturated carbocycles. The minimum Gasteiger partial charge on any atom is -0.396 e. The van der Waals surface area contributed by atoms with E-state index in [0.29, 0.717) is 18.7 Å². The topological polar surface area (TPSA) is 97.4 Å². The monoisotopic (exact) mass is 281 g/mol. The third kappa shape index (κ3) is 3.36. The average molecular weight is 281 g/mol. The summed E-state index contributed by atoms with van der Waals surface area (Å²) in [4.78, 5) is 22.5. The fourth-order valence-corrected chi connectivity index (χ4v) is 2.08. The summed E-state index contributed by atoms with van der Waals surface area (Å²) in [6.45, 7) is 2.46. The number of nitrogens with one attached hydrogen (secondary N) is 1. The highest BCUT2D eigenvalue weighted by atomic mass is 16.6. The molecule has 1 heterocycles. The zero-order valence-electron chi connectivity index (χ0n) is 11.4. The highest BCUT2D eigenvalue weighted by Gasteiger charge is 2.30. The van der Waals surface area contributed by atoms with Crippen molar-refractivity contribution in [3.63, 3.8) is 0 Å². The standard InChI is InChI=1S/C13H19N3O4/c1-9(4-5-17)7-14-13(18)12-6-11(16(19)20)8-15(12)10-2-3-10/h6,8-10,17H,2-5,7H2,1H3,(H,14,18). The van der Waals surface area contributed by atoms with E-state index in [1.807, 2.05) is 6.92 Å². The normalized spacial score (nSPS) is 15.9. The van der Waals surface area contributed by atoms with Gasteiger partial charge in [-0.2, -0.15) is 0 Å². The van der Waals surface area contributed by atoms with Crippen molar-refractivity contribution in [1.82, 2.24) is 9.88 Å². The van der Waals surface area contributed by atoms with E-state index >= 15 is 0 Å². The van der Waals surface area contributed by atoms with Gasteiger partial charge in [0.15, 0.2) is 0 Å². The van der Waals surface area contributed by atoms with Crippen molar-refractivity contribution < 1.29 is 14.8 Å². The molecule has 1 fully saturated rings. The molecule has 0 aromatic carbocycles. The number of carbonyl (C=O) groups is 1. The van der Waals surface area contributed by atoms with Crippen LogP contribution in [0, 0.1) is 16.0 Å². The summed E-state index contributed by atoms with van der Waals surface area (Å²) >= 11 is 0. The molecule has 1 unspecified atom stereocenters. The van der Waals surface area contributed by atoms with Crippen molar-refractivity contribution >= 4 is 11.6 Å². The van der Waals surface area contributed by atoms with Crippen molar-refractivity contribution in [2.75, 3.05) is 13.2 Å². The molecule has 2 rings (SSSR count). The Morgan fingerprint density at radius 2 is 2.35 bits per heavy atom. The number of aromatic nitrogens is 1. The Hall–Kier alpha value is -1.89. The lowest BCUT2D eigenvalue weighted by Gasteiger charge is -2.12. The maximum absolute atomic E-state index is 12.1. The molecule has 0 bridgehead atoms. The van der Waals surface area contributed by atoms with Crippen LogP contribution in [0.1, 0.15) is 42.7 Å². The molecule has 110 valence electrons. The first-order chi connectivity index (χ1) is 9.52. The molecule has 1 atom stereocenters. The van der Waals surface area contributed by atoms with E-state index in [0.717, 1.165) is 12.8 Å². The third-order valence-electron chi connectivity index (χ3n) is 3.45. The molecule has 0 spiro atoms. The molecular formula is C13H19N3O4. The Balaban J connectivity index is 2.06. The van der Waals surface area contributed by atoms with Crippen LogP contribution in [-0.2, 0) is 0 Å². The maximum Gasteiger partial charge on any atom is 0.287 e. The van der Waals surface area contributed by atoms with Gasteiger partial charge in [0.05, 0.1) is 11.1 Å². The van der Waals surface area contributed by atoms with Crippen LogP contribution in [0.2, 0.25) is 0 Å². The van der Waals surface area contributed by atoms with Gasteiger partial charge in [-0.25, -0.2) is 0 Å². The number of amides is 1. The second-order valence-corrected chi connectivity index (χ2v) is 5.31. The molecule has 1 aliphatic rings. The molecule has 0 saturated heterocycles. The van der Waals surface area contributed by atoms with Crippen LogP contribution in [0.4, 0.5) is 5.69 Å². The van der Waals surface area contributed by atoms with Crippen LogP contribution in [0.15, 0.2) is 12.3 Å². The van der Waals surface area contributed by atoms with E-state index in [9.17, 15) is 14.9 Å². The summed E-state index contributed by atoms with van der Waals surface area (Å²) in [7, 11) is 0. The number of nitro groups is 1. The Morgan fingerprint density at radius 3 is 2.90 bits per heavy atom. The Labute approximate surface area is 116 Å². The van der Waals surface area contributed by atoms with Gasteiger partial charge in [-0.15, -0.1) is 0 Å². The summed E-state index contributed by atoms with van der Waals surface area (Å²) in [5, 5.41) is 22.4. The molecule has 7 heteroatoms. The summed E-state index contributed by atoms with van der Waals surface area (Å²) in [6.07, 6.45) is 3.95. The van der Waals surface area contributed by atoms with Crippen molar-refractivity contribution in [3.05, 3.63) is 28.1 Å². The van der Waals surface area contributed by atoms with E-state index in [1.54, 1.807) is 4.57 Å². The average Bonchev–Trinajstić information content (AvgIpc) is 3.14. The molecular weight excluding hydrogens is 262 g/mol. The van der Waals surface area contributed by atoms with E-state index in [-0.39, 0.29) is 30.2 Å². The van der Waals surface area contributed by atoms with Gasteiger partial charge in [-0.3, -0.25) is 14.9 Å². The van der Waals surface area contributed by atoms with Crippen LogP contribution in [0.25, 0.3) is 0 Å². The minimum absolute atomic E-state index is 0.0505. The number of rotatable bonds is 7. The van der Waals surface area contributed by atoms with Crippen molar-refractivity contribution in [2.24, 2.45) is 5.92 Å². The molecule has 7 nitrogen and oxygen atoms in total. The molecule has 1 aromatic rings. The Morgan fingerprint density at radius 1 is 1.65 bits per heavy atom. The lowest BCUT2D eigenvalue weighted by molar-refractivity contribution is -0.384. The van der Waals surface area contributed by atoms with Gasteiger partial charge in [0, 0.05) is 25.3 Å². The van der Waals surface area contributed by atoms with E-state index in [1.165, 1.54) is 12.3 Å². The van der Waals surface area contributed by atoms with Crippen molar-refractivity contribution in [3.8, 4) is 0 Å². The van der Waals surface area contributed by atoms with Gasteiger partial charge in [-0.05, 0) is 25.2 Å². The summed E-state index contributed by atoms with van der Waals surface area (Å²) < 4.78 is 1.70. The molecule has 1 aliphatic carbocycles. The second-order valence-electron chi connectivity index (χ2n) is 5.31. The Kier molecular flexibility index (Phi) is 4.39. The third-order valence-corrected chi connectivity index (χ3v) is 3.45. The van der Waals surface area contributed by atoms with E-state index in [4.69, 9.17) is 5.11 Å². The van der Waals surface area contributed by atoms with Crippen LogP contribution >= 0.6 is 0 Å². The molecule has 0 aliphatic heterocycles. The smallest absolute Gasteiger partial charge is 0.287 e. The van der Waals surface area contributed by atoms with Crippen LogP contribution in [-0.4, -0.2) is 33.7 Å². The highest BCUT2D eigenvalue weighted by Crippen LogP contribution is 2.37. The van der Waals surface area contributed by atoms with Crippen LogP contribution < -0.4 is 5.32 Å². The minimum atomic E-state index is -0.482. The molecule has 1 aromatic heterocycles. The quantitative estimate of drug-likeness (QED) is 0.584. The molecule has 2 N–H and O–H groups in total. The van der Waals surface area contributed by atoms with Crippen molar-refractivity contribution in [2.45, 2.75) is 32.2 Å². The van der Waals surface area contributed by atoms with Gasteiger partial charge < -0.3 is 15.0 Å². The first-order valence-electron chi connectivity index (χ1n) is 6.78. The molecule has 20 heavy (non-hydrogen) atoms. The molecule has 1 amide bonds. The highest BCUT2D eigenvalue weighted by molar-refractivity contribution is 5.93. The van der Waals surface area contributed by atoms with Crippen molar-refractivity contribution in [1.29, 1.82) is 0 Å². The van der Waals surface area contributed by atoms with E-state index in [2.05, 4.69) is 5.32 Å². The second kappa shape index (κ2) is 6.04. The lowest BCUT2D eigenvalue weighted by Crippen LogP contribution is -2.30. The van der Waals surface area contributed by atoms with Gasteiger partial charge in [0.1, 0.15) is 5.69 Å². The zero-order chi connectivity index (χ0) is 14.7. The fourth-order valence-electron chi connectivity index (χ4n) is 2.08. The Bertz CT molecular complexity index is 508. The largest absolute Gasteiger partial charge is 0.396 e. The summed E-state index contributed by atoms with van der Waals surface area (Å²) in [5.41, 5.74) is 0.292.